The van der Waals surface area contributed by atoms with Crippen LogP contribution < -0.4 is 0 Å². The van der Waals surface area contributed by atoms with E-state index in [1.54, 1.807) is 48.0 Å². The molecular formula is C16H18FNOS. The summed E-state index contributed by atoms with van der Waals surface area (Å²) in [5, 5.41) is 1.16. The number of benzene rings is 2. The fourth-order valence-electron chi connectivity index (χ4n) is 2.19. The van der Waals surface area contributed by atoms with E-state index in [-0.39, 0.29) is 17.8 Å². The smallest absolute Gasteiger partial charge is 0.254 e. The van der Waals surface area contributed by atoms with Crippen molar-refractivity contribution < 1.29 is 9.18 Å². The van der Waals surface area contributed by atoms with Crippen molar-refractivity contribution in [2.45, 2.75) is 13.0 Å². The maximum absolute atomic E-state index is 13.8. The van der Waals surface area contributed by atoms with Crippen molar-refractivity contribution in [2.24, 2.45) is 0 Å². The van der Waals surface area contributed by atoms with Crippen molar-refractivity contribution in [3.05, 3.63) is 47.8 Å². The highest BCUT2D eigenvalue weighted by Gasteiger charge is 2.19. The fraction of sp³-hybridized carbons (Fsp3) is 0.312. The zero-order chi connectivity index (χ0) is 14.7. The molecule has 0 saturated carbocycles. The van der Waals surface area contributed by atoms with Crippen molar-refractivity contribution in [1.29, 1.82) is 0 Å². The molecule has 2 aromatic rings. The molecule has 2 rings (SSSR count). The van der Waals surface area contributed by atoms with Crippen LogP contribution in [0.25, 0.3) is 10.8 Å². The van der Waals surface area contributed by atoms with Crippen molar-refractivity contribution >= 4 is 28.4 Å². The summed E-state index contributed by atoms with van der Waals surface area (Å²) in [6.07, 6.45) is 2.02. The summed E-state index contributed by atoms with van der Waals surface area (Å²) in [7, 11) is 1.79. The Morgan fingerprint density at radius 2 is 1.90 bits per heavy atom. The monoisotopic (exact) mass is 291 g/mol. The number of hydrogen-bond acceptors (Lipinski definition) is 2. The Balaban J connectivity index is 2.43. The molecule has 0 saturated heterocycles. The molecule has 0 aliphatic carbocycles. The van der Waals surface area contributed by atoms with Crippen LogP contribution in [0, 0.1) is 5.82 Å². The lowest BCUT2D eigenvalue weighted by molar-refractivity contribution is 0.0759. The minimum absolute atomic E-state index is 0.0669. The number of rotatable bonds is 4. The van der Waals surface area contributed by atoms with Crippen LogP contribution in [0.15, 0.2) is 36.4 Å². The average molecular weight is 291 g/mol. The molecule has 2 aromatic carbocycles. The molecule has 0 aromatic heterocycles. The second kappa shape index (κ2) is 6.27. The first-order chi connectivity index (χ1) is 9.56. The number of thioether (sulfide) groups is 1. The molecule has 0 fully saturated rings. The predicted octanol–water partition coefficient (Wildman–Crippen LogP) is 3.80. The average Bonchev–Trinajstić information content (AvgIpc) is 2.47. The van der Waals surface area contributed by atoms with Crippen LogP contribution in [0.2, 0.25) is 0 Å². The van der Waals surface area contributed by atoms with Crippen molar-refractivity contribution in [3.8, 4) is 0 Å². The van der Waals surface area contributed by atoms with Gasteiger partial charge in [0.05, 0.1) is 0 Å². The Kier molecular flexibility index (Phi) is 4.65. The van der Waals surface area contributed by atoms with Crippen LogP contribution in [0.4, 0.5) is 4.39 Å². The predicted molar refractivity (Wildman–Crippen MR) is 83.8 cm³/mol. The molecule has 0 aliphatic rings. The normalized spacial score (nSPS) is 12.4. The maximum atomic E-state index is 13.8. The number of carbonyl (C=O) groups is 1. The third-order valence-electron chi connectivity index (χ3n) is 3.49. The molecule has 0 N–H and O–H groups in total. The van der Waals surface area contributed by atoms with Gasteiger partial charge in [-0.1, -0.05) is 24.3 Å². The van der Waals surface area contributed by atoms with Crippen LogP contribution in [0.5, 0.6) is 0 Å². The molecule has 1 atom stereocenters. The minimum atomic E-state index is -0.294. The van der Waals surface area contributed by atoms with Crippen molar-refractivity contribution in [2.75, 3.05) is 19.1 Å². The first-order valence-electron chi connectivity index (χ1n) is 6.49. The third kappa shape index (κ3) is 2.80. The molecule has 0 bridgehead atoms. The highest BCUT2D eigenvalue weighted by Crippen LogP contribution is 2.23. The topological polar surface area (TPSA) is 20.3 Å². The van der Waals surface area contributed by atoms with Gasteiger partial charge >= 0.3 is 0 Å². The SMILES string of the molecule is CSCC(C)N(C)C(=O)c1ccc(F)c2ccccc12. The van der Waals surface area contributed by atoms with Gasteiger partial charge in [-0.15, -0.1) is 0 Å². The number of hydrogen-bond donors (Lipinski definition) is 0. The van der Waals surface area contributed by atoms with E-state index in [2.05, 4.69) is 0 Å². The minimum Gasteiger partial charge on any atom is -0.338 e. The molecule has 0 heterocycles. The van der Waals surface area contributed by atoms with Gasteiger partial charge < -0.3 is 4.90 Å². The van der Waals surface area contributed by atoms with E-state index in [0.717, 1.165) is 5.75 Å². The van der Waals surface area contributed by atoms with Gasteiger partial charge in [0.1, 0.15) is 5.82 Å². The lowest BCUT2D eigenvalue weighted by Gasteiger charge is -2.25. The third-order valence-corrected chi connectivity index (χ3v) is 4.31. The number of halogens is 1. The van der Waals surface area contributed by atoms with E-state index in [0.29, 0.717) is 16.3 Å². The molecule has 0 radical (unpaired) electrons. The van der Waals surface area contributed by atoms with Gasteiger partial charge in [0, 0.05) is 29.8 Å². The first-order valence-corrected chi connectivity index (χ1v) is 7.89. The zero-order valence-corrected chi connectivity index (χ0v) is 12.7. The summed E-state index contributed by atoms with van der Waals surface area (Å²) < 4.78 is 13.8. The van der Waals surface area contributed by atoms with Gasteiger partial charge in [0.25, 0.3) is 5.91 Å². The Bertz CT molecular complexity index is 629. The standard InChI is InChI=1S/C16H18FNOS/c1-11(10-20-3)18(2)16(19)14-8-9-15(17)13-7-5-4-6-12(13)14/h4-9,11H,10H2,1-3H3. The van der Waals surface area contributed by atoms with Crippen LogP contribution in [0.3, 0.4) is 0 Å². The number of carbonyl (C=O) groups excluding carboxylic acids is 1. The van der Waals surface area contributed by atoms with Gasteiger partial charge in [-0.05, 0) is 30.7 Å². The second-order valence-electron chi connectivity index (χ2n) is 4.86. The van der Waals surface area contributed by atoms with E-state index in [9.17, 15) is 9.18 Å². The second-order valence-corrected chi connectivity index (χ2v) is 5.77. The Labute approximate surface area is 123 Å². The van der Waals surface area contributed by atoms with Crippen LogP contribution in [0.1, 0.15) is 17.3 Å². The van der Waals surface area contributed by atoms with Crippen LogP contribution >= 0.6 is 11.8 Å². The molecule has 106 valence electrons. The Morgan fingerprint density at radius 1 is 1.25 bits per heavy atom. The van der Waals surface area contributed by atoms with Gasteiger partial charge in [0.2, 0.25) is 0 Å². The molecule has 0 spiro atoms. The summed E-state index contributed by atoms with van der Waals surface area (Å²) in [6.45, 7) is 2.01. The molecule has 1 unspecified atom stereocenters. The van der Waals surface area contributed by atoms with E-state index in [1.807, 2.05) is 19.2 Å². The Hall–Kier alpha value is -1.55. The highest BCUT2D eigenvalue weighted by molar-refractivity contribution is 7.98. The summed E-state index contributed by atoms with van der Waals surface area (Å²) in [5.74, 6) is 0.515. The molecule has 20 heavy (non-hydrogen) atoms. The van der Waals surface area contributed by atoms with E-state index in [4.69, 9.17) is 0 Å². The lowest BCUT2D eigenvalue weighted by Crippen LogP contribution is -2.36. The number of nitrogens with zero attached hydrogens (tertiary/aromatic N) is 1. The van der Waals surface area contributed by atoms with Gasteiger partial charge in [0.15, 0.2) is 0 Å². The number of amides is 1. The van der Waals surface area contributed by atoms with E-state index >= 15 is 0 Å². The molecule has 4 heteroatoms. The van der Waals surface area contributed by atoms with Crippen LogP contribution in [-0.4, -0.2) is 35.9 Å². The van der Waals surface area contributed by atoms with Gasteiger partial charge in [-0.2, -0.15) is 11.8 Å². The molecule has 1 amide bonds. The maximum Gasteiger partial charge on any atom is 0.254 e. The van der Waals surface area contributed by atoms with E-state index in [1.165, 1.54) is 6.07 Å². The largest absolute Gasteiger partial charge is 0.338 e. The molecule has 2 nitrogen and oxygen atoms in total. The van der Waals surface area contributed by atoms with Gasteiger partial charge in [-0.25, -0.2) is 4.39 Å². The fourth-order valence-corrected chi connectivity index (χ4v) is 2.90. The van der Waals surface area contributed by atoms with E-state index < -0.39 is 0 Å². The molecule has 0 aliphatic heterocycles. The van der Waals surface area contributed by atoms with Crippen molar-refractivity contribution in [1.82, 2.24) is 4.90 Å². The van der Waals surface area contributed by atoms with Crippen LogP contribution in [-0.2, 0) is 0 Å². The highest BCUT2D eigenvalue weighted by atomic mass is 32.2. The summed E-state index contributed by atoms with van der Waals surface area (Å²) in [4.78, 5) is 14.3. The van der Waals surface area contributed by atoms with Gasteiger partial charge in [-0.3, -0.25) is 4.79 Å². The summed E-state index contributed by atoms with van der Waals surface area (Å²) in [5.41, 5.74) is 0.553. The summed E-state index contributed by atoms with van der Waals surface area (Å²) >= 11 is 1.70. The lowest BCUT2D eigenvalue weighted by atomic mass is 10.0. The quantitative estimate of drug-likeness (QED) is 0.854. The Morgan fingerprint density at radius 3 is 2.55 bits per heavy atom. The number of fused-ring (bicyclic) bond motifs is 1. The van der Waals surface area contributed by atoms with Crippen molar-refractivity contribution in [3.63, 3.8) is 0 Å². The zero-order valence-electron chi connectivity index (χ0n) is 11.9. The first kappa shape index (κ1) is 14.9. The molecular weight excluding hydrogens is 273 g/mol. The summed E-state index contributed by atoms with van der Waals surface area (Å²) in [6, 6.07) is 10.2.